The maximum absolute atomic E-state index is 5.46. The predicted molar refractivity (Wildman–Crippen MR) is 100 cm³/mol. The van der Waals surface area contributed by atoms with Crippen molar-refractivity contribution in [3.05, 3.63) is 35.3 Å². The van der Waals surface area contributed by atoms with Gasteiger partial charge in [0.05, 0.1) is 26.4 Å². The van der Waals surface area contributed by atoms with Gasteiger partial charge in [0.25, 0.3) is 0 Å². The van der Waals surface area contributed by atoms with Crippen LogP contribution in [-0.2, 0) is 51.2 Å². The van der Waals surface area contributed by atoms with Crippen molar-refractivity contribution in [1.82, 2.24) is 0 Å². The molecular weight excluding hydrogens is 415 g/mol. The normalized spacial score (nSPS) is 10.2. The first-order valence-corrected chi connectivity index (χ1v) is 9.27. The van der Waals surface area contributed by atoms with Gasteiger partial charge in [0.1, 0.15) is 0 Å². The number of hydroxylamine groups is 1. The summed E-state index contributed by atoms with van der Waals surface area (Å²) >= 11 is 1.37. The third-order valence-electron chi connectivity index (χ3n) is 2.47. The minimum absolute atomic E-state index is 0. The largest absolute Gasteiger partial charge is 0.532 e. The van der Waals surface area contributed by atoms with Crippen LogP contribution in [0.4, 0.5) is 0 Å². The van der Waals surface area contributed by atoms with Crippen molar-refractivity contribution in [3.63, 3.8) is 0 Å². The average Bonchev–Trinajstić information content (AvgIpc) is 2.59. The molecule has 0 N–H and O–H groups in total. The van der Waals surface area contributed by atoms with E-state index in [9.17, 15) is 0 Å². The standard InChI is InChI=1S/C16H26NO4S.C2H6.Y/c1-14(2)21-17-8-9-18-10-11-19-12-13-20-22-16-6-4-15(3)5-7-16;1-2;/h4-7,14H,8-13H2,1-3H3;1-2H3;/q-1;;. The molecule has 7 heteroatoms. The molecule has 0 heterocycles. The summed E-state index contributed by atoms with van der Waals surface area (Å²) in [6.45, 7) is 13.3. The molecule has 143 valence electrons. The number of nitrogens with zero attached hydrogens (tertiary/aromatic N) is 1. The fraction of sp³-hybridized carbons (Fsp3) is 0.667. The molecule has 1 aromatic carbocycles. The van der Waals surface area contributed by atoms with Crippen molar-refractivity contribution >= 4 is 12.0 Å². The van der Waals surface area contributed by atoms with Crippen LogP contribution in [0.3, 0.4) is 0 Å². The van der Waals surface area contributed by atoms with E-state index in [2.05, 4.69) is 24.5 Å². The van der Waals surface area contributed by atoms with Gasteiger partial charge in [0.15, 0.2) is 0 Å². The van der Waals surface area contributed by atoms with Crippen molar-refractivity contribution in [1.29, 1.82) is 0 Å². The van der Waals surface area contributed by atoms with Crippen LogP contribution in [0.1, 0.15) is 33.3 Å². The Kier molecular flexibility index (Phi) is 23.0. The Morgan fingerprint density at radius 1 is 0.920 bits per heavy atom. The zero-order valence-corrected chi connectivity index (χ0v) is 19.8. The summed E-state index contributed by atoms with van der Waals surface area (Å²) < 4.78 is 16.2. The summed E-state index contributed by atoms with van der Waals surface area (Å²) in [5, 5.41) is 0. The number of benzene rings is 1. The molecule has 0 amide bonds. The monoisotopic (exact) mass is 447 g/mol. The van der Waals surface area contributed by atoms with Crippen molar-refractivity contribution in [3.8, 4) is 0 Å². The van der Waals surface area contributed by atoms with Crippen LogP contribution in [0.25, 0.3) is 5.48 Å². The Bertz CT molecular complexity index is 380. The Balaban J connectivity index is 0. The summed E-state index contributed by atoms with van der Waals surface area (Å²) in [6, 6.07) is 8.22. The van der Waals surface area contributed by atoms with Crippen molar-refractivity contribution in [2.24, 2.45) is 0 Å². The summed E-state index contributed by atoms with van der Waals surface area (Å²) in [7, 11) is 0. The van der Waals surface area contributed by atoms with E-state index < -0.39 is 0 Å². The SMILES string of the molecule is CC.Cc1ccc(SOCCOCCOCC[N-]OC(C)C)cc1.[Y]. The number of ether oxygens (including phenoxy) is 2. The molecule has 25 heavy (non-hydrogen) atoms. The Labute approximate surface area is 182 Å². The second kappa shape index (κ2) is 20.8. The number of hydrogen-bond donors (Lipinski definition) is 0. The molecule has 1 aromatic rings. The molecule has 0 aliphatic rings. The summed E-state index contributed by atoms with van der Waals surface area (Å²) in [5.41, 5.74) is 5.12. The quantitative estimate of drug-likeness (QED) is 0.247. The molecule has 0 spiro atoms. The van der Waals surface area contributed by atoms with E-state index in [0.29, 0.717) is 39.6 Å². The first-order valence-electron chi connectivity index (χ1n) is 8.52. The number of aryl methyl sites for hydroxylation is 1. The van der Waals surface area contributed by atoms with E-state index in [4.69, 9.17) is 18.5 Å². The van der Waals surface area contributed by atoms with Crippen LogP contribution in [-0.4, -0.2) is 45.7 Å². The molecular formula is C18H32NO4SY-. The van der Waals surface area contributed by atoms with Gasteiger partial charge in [-0.3, -0.25) is 0 Å². The third-order valence-corrected chi connectivity index (χ3v) is 3.22. The van der Waals surface area contributed by atoms with E-state index in [1.807, 2.05) is 39.8 Å². The van der Waals surface area contributed by atoms with Crippen LogP contribution in [0.5, 0.6) is 0 Å². The van der Waals surface area contributed by atoms with Gasteiger partial charge in [-0.05, 0) is 32.9 Å². The van der Waals surface area contributed by atoms with Gasteiger partial charge in [-0.1, -0.05) is 31.5 Å². The van der Waals surface area contributed by atoms with E-state index >= 15 is 0 Å². The molecule has 0 fully saturated rings. The van der Waals surface area contributed by atoms with Gasteiger partial charge < -0.3 is 24.0 Å². The van der Waals surface area contributed by atoms with E-state index in [0.717, 1.165) is 4.90 Å². The topological polar surface area (TPSA) is 51.0 Å². The second-order valence-corrected chi connectivity index (χ2v) is 5.82. The van der Waals surface area contributed by atoms with Gasteiger partial charge in [-0.2, -0.15) is 0 Å². The Hall–Kier alpha value is 0.474. The molecule has 0 atom stereocenters. The first kappa shape index (κ1) is 27.7. The molecule has 0 saturated carbocycles. The smallest absolute Gasteiger partial charge is 0.0852 e. The van der Waals surface area contributed by atoms with E-state index in [1.165, 1.54) is 17.6 Å². The van der Waals surface area contributed by atoms with Crippen molar-refractivity contribution in [2.75, 3.05) is 39.6 Å². The van der Waals surface area contributed by atoms with Gasteiger partial charge in [0.2, 0.25) is 0 Å². The van der Waals surface area contributed by atoms with Crippen LogP contribution >= 0.6 is 12.0 Å². The molecule has 5 nitrogen and oxygen atoms in total. The van der Waals surface area contributed by atoms with Gasteiger partial charge in [0, 0.05) is 62.4 Å². The molecule has 0 aliphatic heterocycles. The van der Waals surface area contributed by atoms with Gasteiger partial charge in [-0.15, -0.1) is 6.54 Å². The summed E-state index contributed by atoms with van der Waals surface area (Å²) in [4.78, 5) is 6.15. The molecule has 1 radical (unpaired) electrons. The first-order chi connectivity index (χ1) is 11.7. The van der Waals surface area contributed by atoms with Gasteiger partial charge >= 0.3 is 0 Å². The van der Waals surface area contributed by atoms with E-state index in [1.54, 1.807) is 0 Å². The maximum Gasteiger partial charge on any atom is 0.0852 e. The van der Waals surface area contributed by atoms with Crippen molar-refractivity contribution < 1.29 is 51.2 Å². The van der Waals surface area contributed by atoms with Crippen LogP contribution < -0.4 is 0 Å². The zero-order valence-electron chi connectivity index (χ0n) is 16.2. The molecule has 0 aromatic heterocycles. The number of rotatable bonds is 13. The molecule has 1 rings (SSSR count). The van der Waals surface area contributed by atoms with Crippen LogP contribution in [0, 0.1) is 6.92 Å². The van der Waals surface area contributed by atoms with Crippen molar-refractivity contribution in [2.45, 2.75) is 45.6 Å². The average molecular weight is 447 g/mol. The fourth-order valence-electron chi connectivity index (χ4n) is 1.42. The molecule has 0 unspecified atom stereocenters. The Morgan fingerprint density at radius 2 is 1.48 bits per heavy atom. The third kappa shape index (κ3) is 19.0. The van der Waals surface area contributed by atoms with E-state index in [-0.39, 0.29) is 38.8 Å². The van der Waals surface area contributed by atoms with Crippen LogP contribution in [0.2, 0.25) is 0 Å². The summed E-state index contributed by atoms with van der Waals surface area (Å²) in [6.07, 6.45) is 0.126. The van der Waals surface area contributed by atoms with Crippen LogP contribution in [0.15, 0.2) is 29.2 Å². The minimum atomic E-state index is 0. The Morgan fingerprint density at radius 3 is 2.08 bits per heavy atom. The molecule has 0 aliphatic carbocycles. The number of hydrogen-bond acceptors (Lipinski definition) is 5. The zero-order chi connectivity index (χ0) is 18.0. The molecule has 0 bridgehead atoms. The molecule has 0 saturated heterocycles. The van der Waals surface area contributed by atoms with Gasteiger partial charge in [-0.25, -0.2) is 0 Å². The predicted octanol–water partition coefficient (Wildman–Crippen LogP) is 4.79. The minimum Gasteiger partial charge on any atom is -0.532 e. The summed E-state index contributed by atoms with van der Waals surface area (Å²) in [5.74, 6) is 0. The second-order valence-electron chi connectivity index (χ2n) is 4.95. The fourth-order valence-corrected chi connectivity index (χ4v) is 1.96. The maximum atomic E-state index is 5.46.